The molecule has 0 bridgehead atoms. The molecule has 0 aliphatic heterocycles. The summed E-state index contributed by atoms with van der Waals surface area (Å²) in [6.45, 7) is 0. The molecular formula is C9H7BrINO3. The maximum absolute atomic E-state index is 11.2. The maximum Gasteiger partial charge on any atom is 0.270 e. The molecule has 1 aromatic rings. The van der Waals surface area contributed by atoms with E-state index in [2.05, 4.69) is 15.9 Å². The summed E-state index contributed by atoms with van der Waals surface area (Å²) < 4.78 is 0.746. The molecule has 0 N–H and O–H groups in total. The molecule has 0 spiro atoms. The van der Waals surface area contributed by atoms with Crippen molar-refractivity contribution in [3.8, 4) is 0 Å². The van der Waals surface area contributed by atoms with Crippen LogP contribution in [0.25, 0.3) is 0 Å². The van der Waals surface area contributed by atoms with E-state index < -0.39 is 4.92 Å². The molecular weight excluding hydrogens is 377 g/mol. The smallest absolute Gasteiger partial charge is 0.270 e. The normalized spacial score (nSPS) is 10.0. The molecule has 0 unspecified atom stereocenters. The summed E-state index contributed by atoms with van der Waals surface area (Å²) in [5.41, 5.74) is 0.875. The van der Waals surface area contributed by atoms with Gasteiger partial charge in [0.2, 0.25) is 0 Å². The monoisotopic (exact) mass is 383 g/mol. The van der Waals surface area contributed by atoms with Gasteiger partial charge in [-0.25, -0.2) is 0 Å². The molecule has 0 amide bonds. The minimum atomic E-state index is -0.446. The molecule has 0 radical (unpaired) electrons. The maximum atomic E-state index is 11.2. The number of Topliss-reactive ketones (excluding diaryl/α,β-unsaturated/α-hetero) is 1. The SMILES string of the molecule is O=C(CBr)Cc1ccc([N+](=O)[O-])cc1I. The zero-order chi connectivity index (χ0) is 11.4. The van der Waals surface area contributed by atoms with Crippen molar-refractivity contribution in [3.63, 3.8) is 0 Å². The van der Waals surface area contributed by atoms with Crippen LogP contribution in [0.3, 0.4) is 0 Å². The minimum Gasteiger partial charge on any atom is -0.298 e. The van der Waals surface area contributed by atoms with Crippen LogP contribution in [-0.2, 0) is 11.2 Å². The zero-order valence-electron chi connectivity index (χ0n) is 7.57. The van der Waals surface area contributed by atoms with Crippen LogP contribution in [0.4, 0.5) is 5.69 Å². The molecule has 1 rings (SSSR count). The predicted octanol–water partition coefficient (Wildman–Crippen LogP) is 2.71. The Hall–Kier alpha value is -0.500. The first-order chi connectivity index (χ1) is 7.04. The van der Waals surface area contributed by atoms with E-state index in [9.17, 15) is 14.9 Å². The lowest BCUT2D eigenvalue weighted by atomic mass is 10.1. The number of ketones is 1. The Morgan fingerprint density at radius 2 is 2.20 bits per heavy atom. The Morgan fingerprint density at radius 3 is 2.67 bits per heavy atom. The van der Waals surface area contributed by atoms with Crippen molar-refractivity contribution in [2.45, 2.75) is 6.42 Å². The Labute approximate surface area is 108 Å². The number of nitrogens with zero attached hydrogens (tertiary/aromatic N) is 1. The molecule has 80 valence electrons. The largest absolute Gasteiger partial charge is 0.298 e. The van der Waals surface area contributed by atoms with Gasteiger partial charge in [0, 0.05) is 22.1 Å². The van der Waals surface area contributed by atoms with E-state index in [4.69, 9.17) is 0 Å². The van der Waals surface area contributed by atoms with E-state index in [-0.39, 0.29) is 11.5 Å². The molecule has 1 aromatic carbocycles. The third kappa shape index (κ3) is 3.53. The highest BCUT2D eigenvalue weighted by molar-refractivity contribution is 14.1. The topological polar surface area (TPSA) is 60.2 Å². The Morgan fingerprint density at radius 1 is 1.53 bits per heavy atom. The van der Waals surface area contributed by atoms with Crippen molar-refractivity contribution in [3.05, 3.63) is 37.4 Å². The van der Waals surface area contributed by atoms with Gasteiger partial charge in [-0.3, -0.25) is 14.9 Å². The molecule has 6 heteroatoms. The van der Waals surface area contributed by atoms with E-state index in [1.807, 2.05) is 22.6 Å². The second-order valence-corrected chi connectivity index (χ2v) is 4.60. The fraction of sp³-hybridized carbons (Fsp3) is 0.222. The first-order valence-electron chi connectivity index (χ1n) is 4.05. The summed E-state index contributed by atoms with van der Waals surface area (Å²) in [6, 6.07) is 4.51. The number of non-ortho nitro benzene ring substituents is 1. The third-order valence-electron chi connectivity index (χ3n) is 1.78. The van der Waals surface area contributed by atoms with Crippen LogP contribution in [0, 0.1) is 13.7 Å². The zero-order valence-corrected chi connectivity index (χ0v) is 11.3. The van der Waals surface area contributed by atoms with E-state index in [0.29, 0.717) is 11.8 Å². The van der Waals surface area contributed by atoms with Crippen molar-refractivity contribution in [1.82, 2.24) is 0 Å². The van der Waals surface area contributed by atoms with Gasteiger partial charge in [0.25, 0.3) is 5.69 Å². The highest BCUT2D eigenvalue weighted by Crippen LogP contribution is 2.20. The average molecular weight is 384 g/mol. The van der Waals surface area contributed by atoms with Crippen molar-refractivity contribution < 1.29 is 9.72 Å². The van der Waals surface area contributed by atoms with E-state index in [1.54, 1.807) is 6.07 Å². The fourth-order valence-corrected chi connectivity index (χ4v) is 1.94. The van der Waals surface area contributed by atoms with Gasteiger partial charge in [0.05, 0.1) is 10.3 Å². The van der Waals surface area contributed by atoms with Crippen molar-refractivity contribution in [2.24, 2.45) is 0 Å². The van der Waals surface area contributed by atoms with Crippen molar-refractivity contribution >= 4 is 50.0 Å². The first-order valence-corrected chi connectivity index (χ1v) is 6.25. The summed E-state index contributed by atoms with van der Waals surface area (Å²) in [7, 11) is 0. The molecule has 0 fully saturated rings. The van der Waals surface area contributed by atoms with Gasteiger partial charge in [-0.05, 0) is 28.2 Å². The number of benzene rings is 1. The molecule has 0 aromatic heterocycles. The average Bonchev–Trinajstić information content (AvgIpc) is 2.20. The second-order valence-electron chi connectivity index (χ2n) is 2.88. The van der Waals surface area contributed by atoms with Crippen LogP contribution >= 0.6 is 38.5 Å². The summed E-state index contributed by atoms with van der Waals surface area (Å²) in [5.74, 6) is 0.0572. The lowest BCUT2D eigenvalue weighted by Crippen LogP contribution is -2.05. The number of hydrogen-bond acceptors (Lipinski definition) is 3. The molecule has 0 saturated carbocycles. The van der Waals surface area contributed by atoms with E-state index in [1.165, 1.54) is 12.1 Å². The quantitative estimate of drug-likeness (QED) is 0.347. The summed E-state index contributed by atoms with van der Waals surface area (Å²) in [5, 5.41) is 10.8. The molecule has 0 aliphatic rings. The third-order valence-corrected chi connectivity index (χ3v) is 3.41. The number of alkyl halides is 1. The number of nitro benzene ring substituents is 1. The van der Waals surface area contributed by atoms with Crippen LogP contribution in [0.5, 0.6) is 0 Å². The number of halogens is 2. The second kappa shape index (κ2) is 5.55. The highest BCUT2D eigenvalue weighted by Gasteiger charge is 2.10. The van der Waals surface area contributed by atoms with Crippen LogP contribution in [0.1, 0.15) is 5.56 Å². The van der Waals surface area contributed by atoms with Gasteiger partial charge in [-0.15, -0.1) is 0 Å². The Kier molecular flexibility index (Phi) is 4.65. The lowest BCUT2D eigenvalue weighted by molar-refractivity contribution is -0.385. The fourth-order valence-electron chi connectivity index (χ4n) is 1.05. The highest BCUT2D eigenvalue weighted by atomic mass is 127. The van der Waals surface area contributed by atoms with Gasteiger partial charge in [-0.1, -0.05) is 22.0 Å². The summed E-state index contributed by atoms with van der Waals surface area (Å²) in [6.07, 6.45) is 0.307. The van der Waals surface area contributed by atoms with Gasteiger partial charge in [0.15, 0.2) is 0 Å². The van der Waals surface area contributed by atoms with Crippen LogP contribution in [0.2, 0.25) is 0 Å². The molecule has 0 aliphatic carbocycles. The van der Waals surface area contributed by atoms with Gasteiger partial charge in [-0.2, -0.15) is 0 Å². The number of nitro groups is 1. The van der Waals surface area contributed by atoms with E-state index in [0.717, 1.165) is 9.13 Å². The van der Waals surface area contributed by atoms with Crippen LogP contribution in [0.15, 0.2) is 18.2 Å². The predicted molar refractivity (Wildman–Crippen MR) is 68.3 cm³/mol. The molecule has 4 nitrogen and oxygen atoms in total. The summed E-state index contributed by atoms with van der Waals surface area (Å²) in [4.78, 5) is 21.2. The molecule has 0 saturated heterocycles. The van der Waals surface area contributed by atoms with Crippen molar-refractivity contribution in [1.29, 1.82) is 0 Å². The Balaban J connectivity index is 2.93. The molecule has 0 atom stereocenters. The van der Waals surface area contributed by atoms with Crippen molar-refractivity contribution in [2.75, 3.05) is 5.33 Å². The minimum absolute atomic E-state index is 0.0504. The molecule has 15 heavy (non-hydrogen) atoms. The number of carbonyl (C=O) groups excluding carboxylic acids is 1. The lowest BCUT2D eigenvalue weighted by Gasteiger charge is -2.02. The number of rotatable bonds is 4. The molecule has 0 heterocycles. The number of carbonyl (C=O) groups is 1. The first kappa shape index (κ1) is 12.6. The van der Waals surface area contributed by atoms with Crippen LogP contribution < -0.4 is 0 Å². The van der Waals surface area contributed by atoms with Gasteiger partial charge < -0.3 is 0 Å². The van der Waals surface area contributed by atoms with Crippen LogP contribution in [-0.4, -0.2) is 16.0 Å². The summed E-state index contributed by atoms with van der Waals surface area (Å²) >= 11 is 5.07. The van der Waals surface area contributed by atoms with Gasteiger partial charge in [0.1, 0.15) is 5.78 Å². The number of hydrogen-bond donors (Lipinski definition) is 0. The standard InChI is InChI=1S/C9H7BrINO3/c10-5-8(13)3-6-1-2-7(12(14)15)4-9(6)11/h1-2,4H,3,5H2. The van der Waals surface area contributed by atoms with Gasteiger partial charge >= 0.3 is 0 Å². The Bertz CT molecular complexity index is 408. The van der Waals surface area contributed by atoms with E-state index >= 15 is 0 Å².